The molecule has 3 amide bonds. The van der Waals surface area contributed by atoms with Crippen LogP contribution < -0.4 is 16.4 Å². The number of rotatable bonds is 7. The van der Waals surface area contributed by atoms with E-state index in [9.17, 15) is 9.59 Å². The predicted molar refractivity (Wildman–Crippen MR) is 79.1 cm³/mol. The summed E-state index contributed by atoms with van der Waals surface area (Å²) in [7, 11) is 0. The van der Waals surface area contributed by atoms with Crippen LogP contribution in [0.3, 0.4) is 0 Å². The lowest BCUT2D eigenvalue weighted by Crippen LogP contribution is -2.56. The van der Waals surface area contributed by atoms with Gasteiger partial charge in [-0.1, -0.05) is 41.0 Å². The monoisotopic (exact) mass is 287 g/mol. The average molecular weight is 287 g/mol. The molecule has 0 aromatic heterocycles. The highest BCUT2D eigenvalue weighted by Gasteiger charge is 2.31. The second kappa shape index (κ2) is 8.09. The van der Waals surface area contributed by atoms with Crippen LogP contribution in [0.15, 0.2) is 0 Å². The van der Waals surface area contributed by atoms with Gasteiger partial charge in [0.15, 0.2) is 0 Å². The van der Waals surface area contributed by atoms with E-state index in [1.54, 1.807) is 0 Å². The highest BCUT2D eigenvalue weighted by atomic mass is 16.3. The highest BCUT2D eigenvalue weighted by Crippen LogP contribution is 2.22. The van der Waals surface area contributed by atoms with Crippen LogP contribution in [0.5, 0.6) is 0 Å². The first-order chi connectivity index (χ1) is 9.13. The topological polar surface area (TPSA) is 104 Å². The molecular formula is C14H29N3O3. The number of aliphatic hydroxyl groups excluding tert-OH is 1. The first-order valence-electron chi connectivity index (χ1n) is 7.10. The Bertz CT molecular complexity index is 326. The number of nitrogens with two attached hydrogens (primary N) is 1. The van der Waals surface area contributed by atoms with Crippen LogP contribution in [0.1, 0.15) is 47.5 Å². The van der Waals surface area contributed by atoms with Gasteiger partial charge in [-0.3, -0.25) is 4.79 Å². The van der Waals surface area contributed by atoms with Crippen molar-refractivity contribution in [2.24, 2.45) is 17.1 Å². The maximum atomic E-state index is 12.3. The van der Waals surface area contributed by atoms with Crippen LogP contribution in [0, 0.1) is 11.3 Å². The van der Waals surface area contributed by atoms with Gasteiger partial charge in [-0.05, 0) is 17.8 Å². The van der Waals surface area contributed by atoms with Gasteiger partial charge in [-0.2, -0.15) is 0 Å². The molecule has 0 aliphatic carbocycles. The van der Waals surface area contributed by atoms with Crippen molar-refractivity contribution >= 4 is 11.9 Å². The quantitative estimate of drug-likeness (QED) is 0.561. The molecule has 0 radical (unpaired) electrons. The summed E-state index contributed by atoms with van der Waals surface area (Å²) in [6.45, 7) is 9.81. The standard InChI is InChI=1S/C14H29N3O3/c1-6-9(2)11(17-13(15)20)12(19)16-10(7-8-18)14(3,4)5/h9-11,18H,6-8H2,1-5H3,(H,16,19)(H3,15,17,20). The Hall–Kier alpha value is -1.30. The van der Waals surface area contributed by atoms with Crippen LogP contribution >= 0.6 is 0 Å². The Kier molecular flexibility index (Phi) is 7.57. The van der Waals surface area contributed by atoms with Crippen molar-refractivity contribution in [3.63, 3.8) is 0 Å². The van der Waals surface area contributed by atoms with Gasteiger partial charge < -0.3 is 21.5 Å². The zero-order valence-corrected chi connectivity index (χ0v) is 13.2. The van der Waals surface area contributed by atoms with Crippen molar-refractivity contribution in [3.8, 4) is 0 Å². The number of aliphatic hydroxyl groups is 1. The van der Waals surface area contributed by atoms with Gasteiger partial charge in [0.2, 0.25) is 5.91 Å². The van der Waals surface area contributed by atoms with Crippen molar-refractivity contribution < 1.29 is 14.7 Å². The summed E-state index contributed by atoms with van der Waals surface area (Å²) in [6, 6.07) is -1.53. The Morgan fingerprint density at radius 2 is 1.80 bits per heavy atom. The highest BCUT2D eigenvalue weighted by molar-refractivity contribution is 5.87. The molecule has 0 rings (SSSR count). The van der Waals surface area contributed by atoms with E-state index in [2.05, 4.69) is 10.6 Å². The van der Waals surface area contributed by atoms with E-state index < -0.39 is 12.1 Å². The molecule has 0 aliphatic rings. The lowest BCUT2D eigenvalue weighted by atomic mass is 9.84. The minimum Gasteiger partial charge on any atom is -0.396 e. The van der Waals surface area contributed by atoms with E-state index >= 15 is 0 Å². The molecule has 6 nitrogen and oxygen atoms in total. The van der Waals surface area contributed by atoms with Crippen molar-refractivity contribution in [3.05, 3.63) is 0 Å². The summed E-state index contributed by atoms with van der Waals surface area (Å²) in [4.78, 5) is 23.4. The molecule has 0 saturated heterocycles. The summed E-state index contributed by atoms with van der Waals surface area (Å²) in [6.07, 6.45) is 1.22. The Balaban J connectivity index is 4.91. The molecule has 0 heterocycles. The maximum absolute atomic E-state index is 12.3. The van der Waals surface area contributed by atoms with Gasteiger partial charge in [0, 0.05) is 12.6 Å². The molecule has 118 valence electrons. The minimum absolute atomic E-state index is 0.000533. The number of urea groups is 1. The molecule has 6 heteroatoms. The van der Waals surface area contributed by atoms with Crippen molar-refractivity contribution in [2.45, 2.75) is 59.5 Å². The third-order valence-electron chi connectivity index (χ3n) is 3.57. The maximum Gasteiger partial charge on any atom is 0.312 e. The number of primary amides is 1. The fourth-order valence-electron chi connectivity index (χ4n) is 1.97. The number of carbonyl (C=O) groups is 2. The SMILES string of the molecule is CCC(C)C(NC(N)=O)C(=O)NC(CCO)C(C)(C)C. The molecule has 20 heavy (non-hydrogen) atoms. The fourth-order valence-corrected chi connectivity index (χ4v) is 1.97. The van der Waals surface area contributed by atoms with Gasteiger partial charge >= 0.3 is 6.03 Å². The Morgan fingerprint density at radius 3 is 2.15 bits per heavy atom. The van der Waals surface area contributed by atoms with E-state index in [1.165, 1.54) is 0 Å². The van der Waals surface area contributed by atoms with Gasteiger partial charge in [0.25, 0.3) is 0 Å². The molecule has 0 bridgehead atoms. The molecule has 0 fully saturated rings. The largest absolute Gasteiger partial charge is 0.396 e. The van der Waals surface area contributed by atoms with Crippen molar-refractivity contribution in [1.29, 1.82) is 0 Å². The molecule has 0 aliphatic heterocycles. The van der Waals surface area contributed by atoms with Crippen LogP contribution in [0.4, 0.5) is 4.79 Å². The summed E-state index contributed by atoms with van der Waals surface area (Å²) < 4.78 is 0. The van der Waals surface area contributed by atoms with Crippen LogP contribution in [-0.4, -0.2) is 35.7 Å². The van der Waals surface area contributed by atoms with Crippen LogP contribution in [-0.2, 0) is 4.79 Å². The first kappa shape index (κ1) is 18.7. The zero-order valence-electron chi connectivity index (χ0n) is 13.2. The molecule has 0 spiro atoms. The molecular weight excluding hydrogens is 258 g/mol. The number of hydrogen-bond donors (Lipinski definition) is 4. The summed E-state index contributed by atoms with van der Waals surface area (Å²) in [5.41, 5.74) is 4.95. The van der Waals surface area contributed by atoms with Gasteiger partial charge in [0.05, 0.1) is 0 Å². The predicted octanol–water partition coefficient (Wildman–Crippen LogP) is 0.983. The number of carbonyl (C=O) groups excluding carboxylic acids is 2. The molecule has 5 N–H and O–H groups in total. The zero-order chi connectivity index (χ0) is 15.9. The van der Waals surface area contributed by atoms with E-state index in [4.69, 9.17) is 10.8 Å². The molecule has 0 aromatic carbocycles. The molecule has 3 unspecified atom stereocenters. The summed E-state index contributed by atoms with van der Waals surface area (Å²) in [5, 5.41) is 14.5. The summed E-state index contributed by atoms with van der Waals surface area (Å²) >= 11 is 0. The smallest absolute Gasteiger partial charge is 0.312 e. The number of nitrogens with one attached hydrogen (secondary N) is 2. The Labute approximate surface area is 121 Å². The third-order valence-corrected chi connectivity index (χ3v) is 3.57. The number of hydrogen-bond acceptors (Lipinski definition) is 3. The van der Waals surface area contributed by atoms with E-state index in [1.807, 2.05) is 34.6 Å². The third kappa shape index (κ3) is 6.23. The van der Waals surface area contributed by atoms with Crippen LogP contribution in [0.25, 0.3) is 0 Å². The second-order valence-corrected chi connectivity index (χ2v) is 6.31. The summed E-state index contributed by atoms with van der Waals surface area (Å²) in [5.74, 6) is -0.274. The van der Waals surface area contributed by atoms with Gasteiger partial charge in [-0.25, -0.2) is 4.79 Å². The normalized spacial score (nSPS) is 16.1. The van der Waals surface area contributed by atoms with Crippen molar-refractivity contribution in [2.75, 3.05) is 6.61 Å². The minimum atomic E-state index is -0.708. The Morgan fingerprint density at radius 1 is 1.25 bits per heavy atom. The molecule has 3 atom stereocenters. The number of amides is 3. The van der Waals surface area contributed by atoms with Crippen LogP contribution in [0.2, 0.25) is 0 Å². The first-order valence-corrected chi connectivity index (χ1v) is 7.10. The van der Waals surface area contributed by atoms with E-state index in [0.717, 1.165) is 6.42 Å². The molecule has 0 saturated carbocycles. The van der Waals surface area contributed by atoms with E-state index in [-0.39, 0.29) is 29.9 Å². The second-order valence-electron chi connectivity index (χ2n) is 6.31. The van der Waals surface area contributed by atoms with Crippen molar-refractivity contribution in [1.82, 2.24) is 10.6 Å². The lowest BCUT2D eigenvalue weighted by Gasteiger charge is -2.33. The fraction of sp³-hybridized carbons (Fsp3) is 0.857. The van der Waals surface area contributed by atoms with E-state index in [0.29, 0.717) is 6.42 Å². The lowest BCUT2D eigenvalue weighted by molar-refractivity contribution is -0.125. The molecule has 0 aromatic rings. The average Bonchev–Trinajstić information content (AvgIpc) is 2.32. The van der Waals surface area contributed by atoms with Gasteiger partial charge in [0.1, 0.15) is 6.04 Å². The van der Waals surface area contributed by atoms with Gasteiger partial charge in [-0.15, -0.1) is 0 Å².